The van der Waals surface area contributed by atoms with Gasteiger partial charge in [-0.2, -0.15) is 0 Å². The molecule has 1 rings (SSSR count). The molecule has 1 aromatic carbocycles. The van der Waals surface area contributed by atoms with Crippen LogP contribution in [0.25, 0.3) is 0 Å². The van der Waals surface area contributed by atoms with Crippen LogP contribution in [0.5, 0.6) is 0 Å². The predicted octanol–water partition coefficient (Wildman–Crippen LogP) is 1.88. The monoisotopic (exact) mass is 271 g/mol. The quantitative estimate of drug-likeness (QED) is 0.744. The topological polar surface area (TPSA) is 66.4 Å². The Kier molecular flexibility index (Phi) is 5.92. The van der Waals surface area contributed by atoms with Crippen molar-refractivity contribution in [1.82, 2.24) is 5.32 Å². The average Bonchev–Trinajstić information content (AvgIpc) is 2.32. The summed E-state index contributed by atoms with van der Waals surface area (Å²) in [5.41, 5.74) is 0.129. The summed E-state index contributed by atoms with van der Waals surface area (Å²) < 4.78 is 25.9. The van der Waals surface area contributed by atoms with E-state index in [1.807, 2.05) is 0 Å². The standard InChI is InChI=1S/C13H15F2NO3/c14-10-5-4-9(11(15)8-10)7-12(17)16-6-2-1-3-13(18)19/h4-5,8H,1-3,6-7H2,(H,16,17)(H,18,19). The molecule has 4 nitrogen and oxygen atoms in total. The van der Waals surface area contributed by atoms with Gasteiger partial charge in [0.1, 0.15) is 11.6 Å². The molecule has 1 amide bonds. The first-order chi connectivity index (χ1) is 8.99. The molecule has 0 fully saturated rings. The van der Waals surface area contributed by atoms with Crippen LogP contribution in [-0.2, 0) is 16.0 Å². The van der Waals surface area contributed by atoms with Gasteiger partial charge in [-0.1, -0.05) is 6.07 Å². The molecule has 0 aromatic heterocycles. The zero-order chi connectivity index (χ0) is 14.3. The Morgan fingerprint density at radius 1 is 1.21 bits per heavy atom. The summed E-state index contributed by atoms with van der Waals surface area (Å²) in [5.74, 6) is -2.68. The lowest BCUT2D eigenvalue weighted by Gasteiger charge is -2.05. The van der Waals surface area contributed by atoms with Crippen LogP contribution >= 0.6 is 0 Å². The van der Waals surface area contributed by atoms with Gasteiger partial charge >= 0.3 is 5.97 Å². The highest BCUT2D eigenvalue weighted by atomic mass is 19.1. The molecular weight excluding hydrogens is 256 g/mol. The number of rotatable bonds is 7. The van der Waals surface area contributed by atoms with E-state index >= 15 is 0 Å². The fraction of sp³-hybridized carbons (Fsp3) is 0.385. The van der Waals surface area contributed by atoms with E-state index < -0.39 is 17.6 Å². The van der Waals surface area contributed by atoms with Crippen molar-refractivity contribution < 1.29 is 23.5 Å². The molecule has 104 valence electrons. The number of carboxylic acid groups (broad SMARTS) is 1. The van der Waals surface area contributed by atoms with Gasteiger partial charge in [0.05, 0.1) is 6.42 Å². The third kappa shape index (κ3) is 5.94. The molecule has 1 aromatic rings. The summed E-state index contributed by atoms with van der Waals surface area (Å²) in [6, 6.07) is 3.06. The summed E-state index contributed by atoms with van der Waals surface area (Å²) in [4.78, 5) is 21.7. The second-order valence-corrected chi connectivity index (χ2v) is 4.11. The number of halogens is 2. The first-order valence-corrected chi connectivity index (χ1v) is 5.91. The molecule has 0 bridgehead atoms. The van der Waals surface area contributed by atoms with E-state index in [1.165, 1.54) is 6.07 Å². The van der Waals surface area contributed by atoms with Crippen molar-refractivity contribution in [3.05, 3.63) is 35.4 Å². The van der Waals surface area contributed by atoms with Crippen LogP contribution in [0.1, 0.15) is 24.8 Å². The highest BCUT2D eigenvalue weighted by Gasteiger charge is 2.08. The van der Waals surface area contributed by atoms with Gasteiger partial charge in [-0.05, 0) is 24.5 Å². The first kappa shape index (κ1) is 15.1. The van der Waals surface area contributed by atoms with Crippen LogP contribution in [0.3, 0.4) is 0 Å². The Labute approximate surface area is 109 Å². The van der Waals surface area contributed by atoms with Gasteiger partial charge in [0.15, 0.2) is 0 Å². The largest absolute Gasteiger partial charge is 0.481 e. The van der Waals surface area contributed by atoms with E-state index in [0.29, 0.717) is 19.4 Å². The first-order valence-electron chi connectivity index (χ1n) is 5.91. The minimum absolute atomic E-state index is 0.0580. The molecule has 19 heavy (non-hydrogen) atoms. The molecule has 0 atom stereocenters. The fourth-order valence-corrected chi connectivity index (χ4v) is 1.53. The molecule has 2 N–H and O–H groups in total. The molecule has 0 spiro atoms. The van der Waals surface area contributed by atoms with Gasteiger partial charge in [-0.15, -0.1) is 0 Å². The molecule has 0 unspecified atom stereocenters. The van der Waals surface area contributed by atoms with Crippen molar-refractivity contribution >= 4 is 11.9 Å². The summed E-state index contributed by atoms with van der Waals surface area (Å²) in [5, 5.41) is 11.0. The zero-order valence-corrected chi connectivity index (χ0v) is 10.3. The Bertz CT molecular complexity index is 463. The highest BCUT2D eigenvalue weighted by Crippen LogP contribution is 2.10. The number of amides is 1. The second-order valence-electron chi connectivity index (χ2n) is 4.11. The Hall–Kier alpha value is -1.98. The molecule has 6 heteroatoms. The van der Waals surface area contributed by atoms with Crippen molar-refractivity contribution in [1.29, 1.82) is 0 Å². The van der Waals surface area contributed by atoms with Crippen molar-refractivity contribution in [2.75, 3.05) is 6.54 Å². The third-order valence-electron chi connectivity index (χ3n) is 2.51. The van der Waals surface area contributed by atoms with E-state index in [1.54, 1.807) is 0 Å². The molecule has 0 radical (unpaired) electrons. The van der Waals surface area contributed by atoms with Gasteiger partial charge in [0.2, 0.25) is 5.91 Å². The van der Waals surface area contributed by atoms with Crippen molar-refractivity contribution in [2.24, 2.45) is 0 Å². The molecule has 0 aliphatic heterocycles. The summed E-state index contributed by atoms with van der Waals surface area (Å²) in [6.07, 6.45) is 0.915. The molecule has 0 saturated heterocycles. The summed E-state index contributed by atoms with van der Waals surface area (Å²) in [7, 11) is 0. The minimum Gasteiger partial charge on any atom is -0.481 e. The second kappa shape index (κ2) is 7.45. The summed E-state index contributed by atoms with van der Waals surface area (Å²) >= 11 is 0. The lowest BCUT2D eigenvalue weighted by atomic mass is 10.1. The maximum absolute atomic E-state index is 13.3. The van der Waals surface area contributed by atoms with E-state index in [4.69, 9.17) is 5.11 Å². The smallest absolute Gasteiger partial charge is 0.303 e. The fourth-order valence-electron chi connectivity index (χ4n) is 1.53. The molecule has 0 saturated carbocycles. The molecule has 0 heterocycles. The minimum atomic E-state index is -0.875. The predicted molar refractivity (Wildman–Crippen MR) is 64.6 cm³/mol. The SMILES string of the molecule is O=C(O)CCCCNC(=O)Cc1ccc(F)cc1F. The van der Waals surface area contributed by atoms with Crippen molar-refractivity contribution in [3.8, 4) is 0 Å². The third-order valence-corrected chi connectivity index (χ3v) is 2.51. The summed E-state index contributed by atoms with van der Waals surface area (Å²) in [6.45, 7) is 0.342. The van der Waals surface area contributed by atoms with Crippen LogP contribution in [0.2, 0.25) is 0 Å². The van der Waals surface area contributed by atoms with E-state index in [2.05, 4.69) is 5.32 Å². The van der Waals surface area contributed by atoms with Gasteiger partial charge in [-0.3, -0.25) is 9.59 Å². The number of aliphatic carboxylic acids is 1. The zero-order valence-electron chi connectivity index (χ0n) is 10.3. The Morgan fingerprint density at radius 3 is 2.58 bits per heavy atom. The number of hydrogen-bond acceptors (Lipinski definition) is 2. The Morgan fingerprint density at radius 2 is 1.95 bits per heavy atom. The van der Waals surface area contributed by atoms with Crippen LogP contribution in [0.4, 0.5) is 8.78 Å². The molecule has 0 aliphatic rings. The number of carbonyl (C=O) groups is 2. The Balaban J connectivity index is 2.29. The lowest BCUT2D eigenvalue weighted by Crippen LogP contribution is -2.26. The van der Waals surface area contributed by atoms with Crippen LogP contribution < -0.4 is 5.32 Å². The van der Waals surface area contributed by atoms with Gasteiger partial charge in [-0.25, -0.2) is 8.78 Å². The van der Waals surface area contributed by atoms with E-state index in [0.717, 1.165) is 12.1 Å². The van der Waals surface area contributed by atoms with Crippen LogP contribution in [-0.4, -0.2) is 23.5 Å². The number of unbranched alkanes of at least 4 members (excludes halogenated alkanes) is 1. The van der Waals surface area contributed by atoms with Crippen LogP contribution in [0, 0.1) is 11.6 Å². The van der Waals surface area contributed by atoms with Gasteiger partial charge in [0, 0.05) is 19.0 Å². The number of carbonyl (C=O) groups excluding carboxylic acids is 1. The van der Waals surface area contributed by atoms with Gasteiger partial charge in [0.25, 0.3) is 0 Å². The lowest BCUT2D eigenvalue weighted by molar-refractivity contribution is -0.137. The van der Waals surface area contributed by atoms with Crippen LogP contribution in [0.15, 0.2) is 18.2 Å². The van der Waals surface area contributed by atoms with E-state index in [9.17, 15) is 18.4 Å². The van der Waals surface area contributed by atoms with Crippen molar-refractivity contribution in [2.45, 2.75) is 25.7 Å². The number of nitrogens with one attached hydrogen (secondary N) is 1. The highest BCUT2D eigenvalue weighted by molar-refractivity contribution is 5.78. The van der Waals surface area contributed by atoms with Gasteiger partial charge < -0.3 is 10.4 Å². The normalized spacial score (nSPS) is 10.2. The van der Waals surface area contributed by atoms with Crippen molar-refractivity contribution in [3.63, 3.8) is 0 Å². The number of carboxylic acids is 1. The molecular formula is C13H15F2NO3. The maximum atomic E-state index is 13.3. The number of benzene rings is 1. The van der Waals surface area contributed by atoms with E-state index in [-0.39, 0.29) is 24.3 Å². The number of hydrogen-bond donors (Lipinski definition) is 2. The maximum Gasteiger partial charge on any atom is 0.303 e. The molecule has 0 aliphatic carbocycles. The average molecular weight is 271 g/mol.